The summed E-state index contributed by atoms with van der Waals surface area (Å²) in [5.41, 5.74) is 3.82. The minimum atomic E-state index is -0.972. The van der Waals surface area contributed by atoms with E-state index in [0.29, 0.717) is 5.56 Å². The lowest BCUT2D eigenvalue weighted by Crippen LogP contribution is -2.52. The zero-order valence-electron chi connectivity index (χ0n) is 18.1. The van der Waals surface area contributed by atoms with E-state index in [-0.39, 0.29) is 23.7 Å². The van der Waals surface area contributed by atoms with Crippen molar-refractivity contribution in [2.45, 2.75) is 37.3 Å². The molecule has 0 aliphatic carbocycles. The van der Waals surface area contributed by atoms with Gasteiger partial charge >= 0.3 is 0 Å². The maximum absolute atomic E-state index is 14.2. The Labute approximate surface area is 188 Å². The van der Waals surface area contributed by atoms with Crippen LogP contribution in [0.5, 0.6) is 0 Å². The Morgan fingerprint density at radius 1 is 0.969 bits per heavy atom. The number of hydrogen-bond donors (Lipinski definition) is 1. The van der Waals surface area contributed by atoms with Gasteiger partial charge in [-0.2, -0.15) is 0 Å². The summed E-state index contributed by atoms with van der Waals surface area (Å²) < 4.78 is 0. The fraction of sp³-hybridized carbons (Fsp3) is 0.286. The number of anilines is 1. The van der Waals surface area contributed by atoms with Crippen LogP contribution in [0.2, 0.25) is 0 Å². The molecule has 3 aromatic carbocycles. The molecule has 4 atom stereocenters. The van der Waals surface area contributed by atoms with Crippen molar-refractivity contribution < 1.29 is 9.59 Å². The van der Waals surface area contributed by atoms with E-state index in [1.807, 2.05) is 54.6 Å². The molecule has 1 spiro atoms. The molecule has 4 heteroatoms. The lowest BCUT2D eigenvalue weighted by atomic mass is 9.68. The molecule has 0 saturated carbocycles. The molecule has 4 unspecified atom stereocenters. The van der Waals surface area contributed by atoms with Gasteiger partial charge in [0.25, 0.3) is 0 Å². The van der Waals surface area contributed by atoms with Crippen LogP contribution >= 0.6 is 0 Å². The quantitative estimate of drug-likeness (QED) is 0.611. The summed E-state index contributed by atoms with van der Waals surface area (Å²) in [4.78, 5) is 30.5. The number of amides is 1. The molecule has 0 bridgehead atoms. The Bertz CT molecular complexity index is 1200. The number of nitrogens with zero attached hydrogens (tertiary/aromatic N) is 1. The zero-order valence-corrected chi connectivity index (χ0v) is 18.1. The number of fused-ring (bicyclic) bond motifs is 4. The largest absolute Gasteiger partial charge is 0.324 e. The van der Waals surface area contributed by atoms with Crippen LogP contribution < -0.4 is 5.32 Å². The van der Waals surface area contributed by atoms with Crippen molar-refractivity contribution in [1.82, 2.24) is 4.90 Å². The summed E-state index contributed by atoms with van der Waals surface area (Å²) in [5.74, 6) is -0.531. The molecule has 32 heavy (non-hydrogen) atoms. The third-order valence-electron chi connectivity index (χ3n) is 7.71. The molecule has 1 N–H and O–H groups in total. The SMILES string of the molecule is Cc1ccc(C2C3CCCN3C3(C(=O)Nc4ccccc43)C2C(=O)c2ccccc2)cc1. The first-order chi connectivity index (χ1) is 15.6. The van der Waals surface area contributed by atoms with Gasteiger partial charge in [0.15, 0.2) is 5.78 Å². The van der Waals surface area contributed by atoms with Gasteiger partial charge in [-0.25, -0.2) is 0 Å². The molecule has 2 fully saturated rings. The molecular weight excluding hydrogens is 396 g/mol. The molecule has 3 aliphatic rings. The summed E-state index contributed by atoms with van der Waals surface area (Å²) in [7, 11) is 0. The number of carbonyl (C=O) groups excluding carboxylic acids is 2. The second-order valence-electron chi connectivity index (χ2n) is 9.31. The van der Waals surface area contributed by atoms with Gasteiger partial charge in [-0.3, -0.25) is 14.5 Å². The van der Waals surface area contributed by atoms with E-state index in [2.05, 4.69) is 41.4 Å². The zero-order chi connectivity index (χ0) is 21.9. The number of para-hydroxylation sites is 1. The van der Waals surface area contributed by atoms with Crippen LogP contribution in [0.1, 0.15) is 45.8 Å². The monoisotopic (exact) mass is 422 g/mol. The number of nitrogens with one attached hydrogen (secondary N) is 1. The first-order valence-electron chi connectivity index (χ1n) is 11.5. The highest BCUT2D eigenvalue weighted by Crippen LogP contribution is 2.61. The fourth-order valence-electron chi connectivity index (χ4n) is 6.46. The highest BCUT2D eigenvalue weighted by atomic mass is 16.2. The van der Waals surface area contributed by atoms with Crippen molar-refractivity contribution in [3.05, 3.63) is 101 Å². The molecule has 4 nitrogen and oxygen atoms in total. The Balaban J connectivity index is 1.62. The van der Waals surface area contributed by atoms with Gasteiger partial charge in [-0.05, 0) is 37.9 Å². The molecule has 1 amide bonds. The molecule has 3 heterocycles. The fourth-order valence-corrected chi connectivity index (χ4v) is 6.46. The summed E-state index contributed by atoms with van der Waals surface area (Å²) in [6.45, 7) is 2.91. The minimum Gasteiger partial charge on any atom is -0.324 e. The Morgan fingerprint density at radius 3 is 2.47 bits per heavy atom. The van der Waals surface area contributed by atoms with Gasteiger partial charge in [0, 0.05) is 28.8 Å². The molecule has 0 aromatic heterocycles. The smallest absolute Gasteiger partial charge is 0.250 e. The summed E-state index contributed by atoms with van der Waals surface area (Å²) in [6, 6.07) is 26.1. The van der Waals surface area contributed by atoms with Crippen LogP contribution in [-0.2, 0) is 10.3 Å². The van der Waals surface area contributed by atoms with Crippen LogP contribution in [0.3, 0.4) is 0 Å². The van der Waals surface area contributed by atoms with Gasteiger partial charge in [-0.1, -0.05) is 78.4 Å². The standard InChI is InChI=1S/C28H26N2O2/c1-18-13-15-19(16-14-18)24-23-12-7-17-30(23)28(21-10-5-6-11-22(21)29-27(28)32)25(24)26(31)20-8-3-2-4-9-20/h2-6,8-11,13-16,23-25H,7,12,17H2,1H3,(H,29,32). The van der Waals surface area contributed by atoms with Crippen LogP contribution in [0, 0.1) is 12.8 Å². The number of Topliss-reactive ketones (excluding diaryl/α,β-unsaturated/α-hetero) is 1. The molecule has 3 aliphatic heterocycles. The molecule has 6 rings (SSSR count). The first-order valence-corrected chi connectivity index (χ1v) is 11.5. The summed E-state index contributed by atoms with van der Waals surface area (Å²) in [5, 5.41) is 3.13. The van der Waals surface area contributed by atoms with Gasteiger partial charge < -0.3 is 5.32 Å². The first kappa shape index (κ1) is 19.4. The van der Waals surface area contributed by atoms with Gasteiger partial charge in [-0.15, -0.1) is 0 Å². The molecule has 0 radical (unpaired) electrons. The van der Waals surface area contributed by atoms with Crippen molar-refractivity contribution in [1.29, 1.82) is 0 Å². The van der Waals surface area contributed by atoms with Crippen LogP contribution in [0.25, 0.3) is 0 Å². The van der Waals surface area contributed by atoms with E-state index in [0.717, 1.165) is 36.2 Å². The summed E-state index contributed by atoms with van der Waals surface area (Å²) >= 11 is 0. The lowest BCUT2D eigenvalue weighted by Gasteiger charge is -2.36. The predicted octanol–water partition coefficient (Wildman–Crippen LogP) is 4.90. The predicted molar refractivity (Wildman–Crippen MR) is 125 cm³/mol. The molecule has 3 aromatic rings. The van der Waals surface area contributed by atoms with Gasteiger partial charge in [0.05, 0.1) is 5.92 Å². The minimum absolute atomic E-state index is 0.0392. The molecule has 160 valence electrons. The number of aryl methyl sites for hydroxylation is 1. The number of ketones is 1. The normalized spacial score (nSPS) is 28.5. The number of hydrogen-bond acceptors (Lipinski definition) is 3. The number of rotatable bonds is 3. The van der Waals surface area contributed by atoms with Crippen LogP contribution in [-0.4, -0.2) is 29.2 Å². The average molecular weight is 423 g/mol. The van der Waals surface area contributed by atoms with Crippen molar-refractivity contribution in [3.8, 4) is 0 Å². The third kappa shape index (κ3) is 2.53. The van der Waals surface area contributed by atoms with Crippen molar-refractivity contribution >= 4 is 17.4 Å². The van der Waals surface area contributed by atoms with Crippen molar-refractivity contribution in [2.75, 3.05) is 11.9 Å². The van der Waals surface area contributed by atoms with Crippen LogP contribution in [0.4, 0.5) is 5.69 Å². The lowest BCUT2D eigenvalue weighted by molar-refractivity contribution is -0.127. The summed E-state index contributed by atoms with van der Waals surface area (Å²) in [6.07, 6.45) is 2.03. The van der Waals surface area contributed by atoms with Gasteiger partial charge in [0.2, 0.25) is 5.91 Å². The highest BCUT2D eigenvalue weighted by molar-refractivity contribution is 6.12. The van der Waals surface area contributed by atoms with Crippen molar-refractivity contribution in [2.24, 2.45) is 5.92 Å². The van der Waals surface area contributed by atoms with E-state index in [9.17, 15) is 9.59 Å². The second-order valence-corrected chi connectivity index (χ2v) is 9.31. The van der Waals surface area contributed by atoms with Gasteiger partial charge in [0.1, 0.15) is 5.54 Å². The average Bonchev–Trinajstić information content (AvgIpc) is 3.48. The number of carbonyl (C=O) groups is 2. The third-order valence-corrected chi connectivity index (χ3v) is 7.71. The Kier molecular flexibility index (Phi) is 4.34. The Morgan fingerprint density at radius 2 is 1.69 bits per heavy atom. The van der Waals surface area contributed by atoms with Crippen LogP contribution in [0.15, 0.2) is 78.9 Å². The Hall–Kier alpha value is -3.24. The maximum Gasteiger partial charge on any atom is 0.250 e. The van der Waals surface area contributed by atoms with E-state index < -0.39 is 11.5 Å². The van der Waals surface area contributed by atoms with E-state index >= 15 is 0 Å². The maximum atomic E-state index is 14.2. The topological polar surface area (TPSA) is 49.4 Å². The number of benzene rings is 3. The highest BCUT2D eigenvalue weighted by Gasteiger charge is 2.69. The van der Waals surface area contributed by atoms with E-state index in [4.69, 9.17) is 0 Å². The van der Waals surface area contributed by atoms with E-state index in [1.54, 1.807) is 0 Å². The molecular formula is C28H26N2O2. The van der Waals surface area contributed by atoms with E-state index in [1.165, 1.54) is 5.56 Å². The molecule has 2 saturated heterocycles. The second kappa shape index (κ2) is 7.14. The van der Waals surface area contributed by atoms with Crippen molar-refractivity contribution in [3.63, 3.8) is 0 Å².